The van der Waals surface area contributed by atoms with Gasteiger partial charge in [0, 0.05) is 22.6 Å². The number of nitrogens with zero attached hydrogens (tertiary/aromatic N) is 2. The Morgan fingerprint density at radius 1 is 1.06 bits per heavy atom. The summed E-state index contributed by atoms with van der Waals surface area (Å²) in [5.41, 5.74) is 2.64. The maximum absolute atomic E-state index is 13.1. The van der Waals surface area contributed by atoms with Crippen LogP contribution in [0.3, 0.4) is 0 Å². The normalized spacial score (nSPS) is 13.6. The molecular formula is C26H25N3O5S. The van der Waals surface area contributed by atoms with Crippen LogP contribution in [-0.2, 0) is 19.4 Å². The number of fused-ring (bicyclic) bond motifs is 3. The van der Waals surface area contributed by atoms with E-state index < -0.39 is 4.92 Å². The standard InChI is InChI=1S/C26H25N3O5S/c1-33-21-14-17(10-13-20(21)34-15-16-8-11-18(12-9-16)29(31)32)24-27-25(30)23-19-6-4-2-3-5-7-22(19)35-26(23)28-24/h8-14H,2-7,15H2,1H3,(H,27,28,30). The predicted molar refractivity (Wildman–Crippen MR) is 136 cm³/mol. The second-order valence-corrected chi connectivity index (χ2v) is 9.67. The highest BCUT2D eigenvalue weighted by atomic mass is 32.1. The smallest absolute Gasteiger partial charge is 0.269 e. The summed E-state index contributed by atoms with van der Waals surface area (Å²) in [4.78, 5) is 33.3. The second kappa shape index (κ2) is 9.87. The summed E-state index contributed by atoms with van der Waals surface area (Å²) in [7, 11) is 1.55. The molecule has 0 unspecified atom stereocenters. The number of benzene rings is 2. The first-order chi connectivity index (χ1) is 17.0. The van der Waals surface area contributed by atoms with Crippen LogP contribution in [0.4, 0.5) is 5.69 Å². The van der Waals surface area contributed by atoms with E-state index in [2.05, 4.69) is 4.98 Å². The molecule has 0 atom stereocenters. The monoisotopic (exact) mass is 491 g/mol. The molecule has 9 heteroatoms. The van der Waals surface area contributed by atoms with Crippen molar-refractivity contribution in [2.24, 2.45) is 0 Å². The quantitative estimate of drug-likeness (QED) is 0.270. The number of aromatic amines is 1. The molecule has 0 radical (unpaired) electrons. The molecule has 8 nitrogen and oxygen atoms in total. The zero-order valence-corrected chi connectivity index (χ0v) is 20.2. The van der Waals surface area contributed by atoms with Crippen LogP contribution in [0.15, 0.2) is 47.3 Å². The number of rotatable bonds is 6. The van der Waals surface area contributed by atoms with Crippen molar-refractivity contribution in [3.63, 3.8) is 0 Å². The van der Waals surface area contributed by atoms with Crippen molar-refractivity contribution < 1.29 is 14.4 Å². The molecule has 0 bridgehead atoms. The maximum atomic E-state index is 13.1. The van der Waals surface area contributed by atoms with Crippen LogP contribution >= 0.6 is 11.3 Å². The van der Waals surface area contributed by atoms with Gasteiger partial charge in [0.15, 0.2) is 11.5 Å². The van der Waals surface area contributed by atoms with Gasteiger partial charge in [-0.25, -0.2) is 4.98 Å². The van der Waals surface area contributed by atoms with E-state index in [0.29, 0.717) is 17.3 Å². The Kier molecular flexibility index (Phi) is 6.50. The summed E-state index contributed by atoms with van der Waals surface area (Å²) in [6.07, 6.45) is 6.66. The minimum Gasteiger partial charge on any atom is -0.493 e. The second-order valence-electron chi connectivity index (χ2n) is 8.59. The van der Waals surface area contributed by atoms with Crippen LogP contribution in [0.2, 0.25) is 0 Å². The molecule has 0 aliphatic heterocycles. The van der Waals surface area contributed by atoms with Gasteiger partial charge < -0.3 is 14.5 Å². The number of thiophene rings is 1. The highest BCUT2D eigenvalue weighted by Crippen LogP contribution is 2.35. The van der Waals surface area contributed by atoms with E-state index in [1.807, 2.05) is 6.07 Å². The van der Waals surface area contributed by atoms with E-state index in [9.17, 15) is 14.9 Å². The van der Waals surface area contributed by atoms with E-state index in [1.54, 1.807) is 42.7 Å². The number of non-ortho nitro benzene ring substituents is 1. The summed E-state index contributed by atoms with van der Waals surface area (Å²) in [5, 5.41) is 11.6. The number of methoxy groups -OCH3 is 1. The van der Waals surface area contributed by atoms with Gasteiger partial charge in [-0.2, -0.15) is 0 Å². The van der Waals surface area contributed by atoms with Crippen molar-refractivity contribution in [2.75, 3.05) is 7.11 Å². The van der Waals surface area contributed by atoms with E-state index in [1.165, 1.54) is 35.4 Å². The minimum atomic E-state index is -0.434. The van der Waals surface area contributed by atoms with Crippen molar-refractivity contribution in [3.05, 3.63) is 78.9 Å². The Hall–Kier alpha value is -3.72. The fourth-order valence-electron chi connectivity index (χ4n) is 4.46. The molecule has 0 spiro atoms. The molecule has 1 N–H and O–H groups in total. The Morgan fingerprint density at radius 2 is 1.83 bits per heavy atom. The third kappa shape index (κ3) is 4.77. The first kappa shape index (κ1) is 23.0. The number of hydrogen-bond acceptors (Lipinski definition) is 7. The number of H-pyrrole nitrogens is 1. The molecule has 5 rings (SSSR count). The zero-order chi connectivity index (χ0) is 24.4. The van der Waals surface area contributed by atoms with Gasteiger partial charge in [0.25, 0.3) is 11.2 Å². The van der Waals surface area contributed by atoms with Gasteiger partial charge in [-0.1, -0.05) is 12.8 Å². The van der Waals surface area contributed by atoms with Crippen LogP contribution in [0, 0.1) is 10.1 Å². The topological polar surface area (TPSA) is 107 Å². The molecule has 1 aliphatic rings. The fourth-order valence-corrected chi connectivity index (χ4v) is 5.73. The van der Waals surface area contributed by atoms with Gasteiger partial charge in [0.05, 0.1) is 17.4 Å². The fraction of sp³-hybridized carbons (Fsp3) is 0.308. The summed E-state index contributed by atoms with van der Waals surface area (Å²) in [5.74, 6) is 1.53. The zero-order valence-electron chi connectivity index (χ0n) is 19.3. The van der Waals surface area contributed by atoms with Crippen molar-refractivity contribution in [1.82, 2.24) is 9.97 Å². The van der Waals surface area contributed by atoms with Gasteiger partial charge in [-0.3, -0.25) is 14.9 Å². The lowest BCUT2D eigenvalue weighted by Crippen LogP contribution is -2.10. The molecule has 0 saturated carbocycles. The lowest BCUT2D eigenvalue weighted by molar-refractivity contribution is -0.384. The number of aromatic nitrogens is 2. The first-order valence-electron chi connectivity index (χ1n) is 11.6. The molecule has 0 amide bonds. The van der Waals surface area contributed by atoms with E-state index in [4.69, 9.17) is 14.5 Å². The number of nitrogens with one attached hydrogen (secondary N) is 1. The summed E-state index contributed by atoms with van der Waals surface area (Å²) >= 11 is 1.64. The third-order valence-corrected chi connectivity index (χ3v) is 7.49. The average molecular weight is 492 g/mol. The van der Waals surface area contributed by atoms with Gasteiger partial charge in [-0.15, -0.1) is 11.3 Å². The summed E-state index contributed by atoms with van der Waals surface area (Å²) in [6, 6.07) is 11.6. The van der Waals surface area contributed by atoms with Crippen LogP contribution in [-0.4, -0.2) is 22.0 Å². The number of aryl methyl sites for hydroxylation is 2. The third-order valence-electron chi connectivity index (χ3n) is 6.30. The van der Waals surface area contributed by atoms with Crippen molar-refractivity contribution in [2.45, 2.75) is 45.1 Å². The Balaban J connectivity index is 1.41. The first-order valence-corrected chi connectivity index (χ1v) is 12.4. The predicted octanol–water partition coefficient (Wildman–Crippen LogP) is 5.81. The van der Waals surface area contributed by atoms with Gasteiger partial charge in [-0.05, 0) is 67.1 Å². The van der Waals surface area contributed by atoms with E-state index >= 15 is 0 Å². The van der Waals surface area contributed by atoms with Crippen molar-refractivity contribution >= 4 is 27.2 Å². The minimum absolute atomic E-state index is 0.0341. The van der Waals surface area contributed by atoms with Crippen LogP contribution in [0.25, 0.3) is 21.6 Å². The SMILES string of the molecule is COc1cc(-c2nc3sc4c(c3c(=O)[nH]2)CCCCCC4)ccc1OCc1ccc([N+](=O)[O-])cc1. The van der Waals surface area contributed by atoms with Crippen LogP contribution < -0.4 is 15.0 Å². The highest BCUT2D eigenvalue weighted by Gasteiger charge is 2.19. The Labute approximate surface area is 205 Å². The molecular weight excluding hydrogens is 466 g/mol. The molecule has 35 heavy (non-hydrogen) atoms. The van der Waals surface area contributed by atoms with Crippen molar-refractivity contribution in [1.29, 1.82) is 0 Å². The van der Waals surface area contributed by atoms with Crippen LogP contribution in [0.1, 0.15) is 41.7 Å². The molecule has 0 saturated heterocycles. The van der Waals surface area contributed by atoms with Gasteiger partial charge in [0.2, 0.25) is 0 Å². The molecule has 0 fully saturated rings. The highest BCUT2D eigenvalue weighted by molar-refractivity contribution is 7.18. The van der Waals surface area contributed by atoms with Gasteiger partial charge in [0.1, 0.15) is 17.3 Å². The average Bonchev–Trinajstić information content (AvgIpc) is 3.19. The van der Waals surface area contributed by atoms with E-state index in [0.717, 1.165) is 47.0 Å². The number of hydrogen-bond donors (Lipinski definition) is 1. The summed E-state index contributed by atoms with van der Waals surface area (Å²) in [6.45, 7) is 0.232. The Bertz CT molecular complexity index is 1440. The lowest BCUT2D eigenvalue weighted by Gasteiger charge is -2.12. The molecule has 2 aromatic carbocycles. The van der Waals surface area contributed by atoms with E-state index in [-0.39, 0.29) is 17.9 Å². The largest absolute Gasteiger partial charge is 0.493 e. The van der Waals surface area contributed by atoms with Gasteiger partial charge >= 0.3 is 0 Å². The maximum Gasteiger partial charge on any atom is 0.269 e. The molecule has 2 aromatic heterocycles. The van der Waals surface area contributed by atoms with Crippen molar-refractivity contribution in [3.8, 4) is 22.9 Å². The lowest BCUT2D eigenvalue weighted by atomic mass is 9.98. The van der Waals surface area contributed by atoms with Crippen LogP contribution in [0.5, 0.6) is 11.5 Å². The Morgan fingerprint density at radius 3 is 2.57 bits per heavy atom. The molecule has 180 valence electrons. The summed E-state index contributed by atoms with van der Waals surface area (Å²) < 4.78 is 11.4. The molecule has 1 aliphatic carbocycles. The number of ether oxygens (including phenoxy) is 2. The molecule has 4 aromatic rings. The number of nitro groups is 1. The molecule has 2 heterocycles. The number of nitro benzene ring substituents is 1.